The average Bonchev–Trinajstić information content (AvgIpc) is 2.92. The lowest BCUT2D eigenvalue weighted by Gasteiger charge is -2.13. The van der Waals surface area contributed by atoms with Crippen LogP contribution in [-0.2, 0) is 4.79 Å². The lowest BCUT2D eigenvalue weighted by Crippen LogP contribution is -2.32. The van der Waals surface area contributed by atoms with E-state index < -0.39 is 0 Å². The number of thioether (sulfide) groups is 1. The zero-order valence-electron chi connectivity index (χ0n) is 15.3. The molecule has 0 unspecified atom stereocenters. The van der Waals surface area contributed by atoms with Gasteiger partial charge in [-0.05, 0) is 49.9 Å². The molecule has 1 heterocycles. The highest BCUT2D eigenvalue weighted by Crippen LogP contribution is 2.33. The topological polar surface area (TPSA) is 55.8 Å². The number of hydrogen-bond acceptors (Lipinski definition) is 5. The van der Waals surface area contributed by atoms with E-state index in [1.807, 2.05) is 62.4 Å². The molecule has 0 saturated carbocycles. The smallest absolute Gasteiger partial charge is 0.293 e. The van der Waals surface area contributed by atoms with Crippen molar-refractivity contribution in [3.63, 3.8) is 0 Å². The van der Waals surface area contributed by atoms with Crippen molar-refractivity contribution < 1.29 is 19.1 Å². The minimum Gasteiger partial charge on any atom is -0.493 e. The number of benzene rings is 2. The number of amides is 2. The van der Waals surface area contributed by atoms with Gasteiger partial charge in [0.25, 0.3) is 11.1 Å². The second-order valence-corrected chi connectivity index (χ2v) is 6.96. The van der Waals surface area contributed by atoms with E-state index in [1.165, 1.54) is 4.90 Å². The normalized spacial score (nSPS) is 15.5. The molecule has 0 radical (unpaired) electrons. The largest absolute Gasteiger partial charge is 0.493 e. The third kappa shape index (κ3) is 4.71. The quantitative estimate of drug-likeness (QED) is 0.659. The number of aryl methyl sites for hydroxylation is 1. The summed E-state index contributed by atoms with van der Waals surface area (Å²) in [4.78, 5) is 26.4. The average molecular weight is 383 g/mol. The highest BCUT2D eigenvalue weighted by Gasteiger charge is 2.34. The summed E-state index contributed by atoms with van der Waals surface area (Å²) in [5.74, 6) is 1.10. The first kappa shape index (κ1) is 19.0. The van der Waals surface area contributed by atoms with Crippen LogP contribution in [0.2, 0.25) is 0 Å². The number of carbonyl (C=O) groups is 2. The van der Waals surface area contributed by atoms with E-state index in [2.05, 4.69) is 0 Å². The van der Waals surface area contributed by atoms with Gasteiger partial charge in [-0.2, -0.15) is 0 Å². The second kappa shape index (κ2) is 8.77. The van der Waals surface area contributed by atoms with Crippen LogP contribution in [0.5, 0.6) is 11.5 Å². The van der Waals surface area contributed by atoms with Crippen molar-refractivity contribution >= 4 is 29.0 Å². The Labute approximate surface area is 163 Å². The monoisotopic (exact) mass is 383 g/mol. The van der Waals surface area contributed by atoms with Gasteiger partial charge >= 0.3 is 0 Å². The van der Waals surface area contributed by atoms with Gasteiger partial charge in [-0.3, -0.25) is 14.5 Å². The Bertz CT molecular complexity index is 861. The van der Waals surface area contributed by atoms with E-state index in [0.717, 1.165) is 22.9 Å². The van der Waals surface area contributed by atoms with Gasteiger partial charge < -0.3 is 9.47 Å². The molecule has 27 heavy (non-hydrogen) atoms. The summed E-state index contributed by atoms with van der Waals surface area (Å²) in [6.45, 7) is 4.90. The fraction of sp³-hybridized carbons (Fsp3) is 0.238. The van der Waals surface area contributed by atoms with Crippen molar-refractivity contribution in [2.24, 2.45) is 0 Å². The van der Waals surface area contributed by atoms with Gasteiger partial charge in [0.05, 0.1) is 18.1 Å². The molecule has 0 aliphatic carbocycles. The third-order valence-corrected chi connectivity index (χ3v) is 4.89. The number of imide groups is 1. The first-order valence-electron chi connectivity index (χ1n) is 8.75. The molecular formula is C21H21NO4S. The van der Waals surface area contributed by atoms with Gasteiger partial charge in [-0.15, -0.1) is 0 Å². The van der Waals surface area contributed by atoms with Crippen molar-refractivity contribution in [2.75, 3.05) is 19.8 Å². The number of carbonyl (C=O) groups excluding carboxylic acids is 2. The number of para-hydroxylation sites is 1. The molecule has 1 aliphatic rings. The molecule has 2 aromatic rings. The lowest BCUT2D eigenvalue weighted by molar-refractivity contribution is -0.123. The molecule has 2 amide bonds. The summed E-state index contributed by atoms with van der Waals surface area (Å²) < 4.78 is 11.2. The molecule has 3 rings (SSSR count). The number of hydrogen-bond donors (Lipinski definition) is 0. The van der Waals surface area contributed by atoms with Crippen molar-refractivity contribution in [1.29, 1.82) is 0 Å². The van der Waals surface area contributed by atoms with Crippen LogP contribution in [0.25, 0.3) is 6.08 Å². The Balaban J connectivity index is 1.65. The Morgan fingerprint density at radius 3 is 2.52 bits per heavy atom. The third-order valence-electron chi connectivity index (χ3n) is 3.98. The van der Waals surface area contributed by atoms with Crippen LogP contribution in [0.3, 0.4) is 0 Å². The van der Waals surface area contributed by atoms with Gasteiger partial charge in [0, 0.05) is 5.56 Å². The van der Waals surface area contributed by atoms with Crippen LogP contribution in [0.1, 0.15) is 18.1 Å². The van der Waals surface area contributed by atoms with Gasteiger partial charge in [0.1, 0.15) is 18.1 Å². The fourth-order valence-electron chi connectivity index (χ4n) is 2.61. The number of ether oxygens (including phenoxy) is 2. The Hall–Kier alpha value is -2.73. The standard InChI is InChI=1S/C21H21NO4S/c1-3-25-18-7-5-4-6-16(18)14-19-20(23)22(21(24)27-19)12-13-26-17-10-8-15(2)9-11-17/h4-11,14H,3,12-13H2,1-2H3/b19-14-. The van der Waals surface area contributed by atoms with Crippen molar-refractivity contribution in [1.82, 2.24) is 4.90 Å². The van der Waals surface area contributed by atoms with E-state index >= 15 is 0 Å². The number of rotatable bonds is 7. The zero-order chi connectivity index (χ0) is 19.2. The molecule has 1 saturated heterocycles. The minimum atomic E-state index is -0.302. The molecule has 1 aliphatic heterocycles. The molecular weight excluding hydrogens is 362 g/mol. The van der Waals surface area contributed by atoms with Crippen molar-refractivity contribution in [2.45, 2.75) is 13.8 Å². The molecule has 0 spiro atoms. The molecule has 0 N–H and O–H groups in total. The van der Waals surface area contributed by atoms with Gasteiger partial charge in [0.15, 0.2) is 0 Å². The van der Waals surface area contributed by atoms with E-state index in [0.29, 0.717) is 23.0 Å². The van der Waals surface area contributed by atoms with Gasteiger partial charge in [0.2, 0.25) is 0 Å². The molecule has 0 atom stereocenters. The van der Waals surface area contributed by atoms with Crippen LogP contribution in [0.4, 0.5) is 4.79 Å². The zero-order valence-corrected chi connectivity index (χ0v) is 16.1. The predicted octanol–water partition coefficient (Wildman–Crippen LogP) is 4.51. The summed E-state index contributed by atoms with van der Waals surface area (Å²) in [6, 6.07) is 15.1. The number of nitrogens with zero attached hydrogens (tertiary/aromatic N) is 1. The van der Waals surface area contributed by atoms with E-state index in [9.17, 15) is 9.59 Å². The van der Waals surface area contributed by atoms with E-state index in [4.69, 9.17) is 9.47 Å². The van der Waals surface area contributed by atoms with Crippen LogP contribution in [0, 0.1) is 6.92 Å². The molecule has 5 nitrogen and oxygen atoms in total. The summed E-state index contributed by atoms with van der Waals surface area (Å²) in [5.41, 5.74) is 1.92. The van der Waals surface area contributed by atoms with Crippen LogP contribution in [-0.4, -0.2) is 35.8 Å². The maximum atomic E-state index is 12.6. The molecule has 2 aromatic carbocycles. The van der Waals surface area contributed by atoms with Crippen molar-refractivity contribution in [3.05, 3.63) is 64.6 Å². The van der Waals surface area contributed by atoms with Crippen LogP contribution in [0.15, 0.2) is 53.4 Å². The van der Waals surface area contributed by atoms with Crippen molar-refractivity contribution in [3.8, 4) is 11.5 Å². The summed E-state index contributed by atoms with van der Waals surface area (Å²) in [6.07, 6.45) is 1.71. The first-order chi connectivity index (χ1) is 13.1. The Morgan fingerprint density at radius 2 is 1.78 bits per heavy atom. The summed E-state index contributed by atoms with van der Waals surface area (Å²) in [7, 11) is 0. The highest BCUT2D eigenvalue weighted by molar-refractivity contribution is 8.18. The maximum Gasteiger partial charge on any atom is 0.293 e. The van der Waals surface area contributed by atoms with Crippen LogP contribution < -0.4 is 9.47 Å². The molecule has 0 bridgehead atoms. The molecule has 140 valence electrons. The second-order valence-electron chi connectivity index (χ2n) is 5.97. The summed E-state index contributed by atoms with van der Waals surface area (Å²) >= 11 is 0.939. The SMILES string of the molecule is CCOc1ccccc1/C=C1\SC(=O)N(CCOc2ccc(C)cc2)C1=O. The first-order valence-corrected chi connectivity index (χ1v) is 9.57. The highest BCUT2D eigenvalue weighted by atomic mass is 32.2. The Kier molecular flexibility index (Phi) is 6.19. The maximum absolute atomic E-state index is 12.6. The Morgan fingerprint density at radius 1 is 1.04 bits per heavy atom. The van der Waals surface area contributed by atoms with E-state index in [1.54, 1.807) is 6.08 Å². The minimum absolute atomic E-state index is 0.211. The molecule has 0 aromatic heterocycles. The van der Waals surface area contributed by atoms with Gasteiger partial charge in [-0.1, -0.05) is 35.9 Å². The van der Waals surface area contributed by atoms with Gasteiger partial charge in [-0.25, -0.2) is 0 Å². The summed E-state index contributed by atoms with van der Waals surface area (Å²) in [5, 5.41) is -0.285. The fourth-order valence-corrected chi connectivity index (χ4v) is 3.47. The lowest BCUT2D eigenvalue weighted by atomic mass is 10.2. The molecule has 6 heteroatoms. The molecule has 1 fully saturated rings. The van der Waals surface area contributed by atoms with E-state index in [-0.39, 0.29) is 24.3 Å². The predicted molar refractivity (Wildman–Crippen MR) is 107 cm³/mol. The van der Waals surface area contributed by atoms with Crippen LogP contribution >= 0.6 is 11.8 Å².